The minimum Gasteiger partial charge on any atom is -0.476 e. The first kappa shape index (κ1) is 8.35. The Kier molecular flexibility index (Phi) is 3.15. The Bertz CT molecular complexity index is 185. The Hall–Kier alpha value is -0.650. The van der Waals surface area contributed by atoms with Crippen LogP contribution in [0.3, 0.4) is 0 Å². The van der Waals surface area contributed by atoms with Gasteiger partial charge in [0.05, 0.1) is 6.20 Å². The third-order valence-electron chi connectivity index (χ3n) is 0.634. The summed E-state index contributed by atoms with van der Waals surface area (Å²) in [6.07, 6.45) is 1.14. The van der Waals surface area contributed by atoms with Gasteiger partial charge < -0.3 is 5.11 Å². The van der Waals surface area contributed by atoms with E-state index in [0.717, 1.165) is 6.20 Å². The number of nitrogens with zero attached hydrogens (tertiary/aromatic N) is 2. The second kappa shape index (κ2) is 3.39. The van der Waals surface area contributed by atoms with Gasteiger partial charge in [-0.25, -0.2) is 4.79 Å². The van der Waals surface area contributed by atoms with Crippen LogP contribution in [0, 0.1) is 0 Å². The zero-order valence-electron chi connectivity index (χ0n) is 4.13. The molecule has 5 nitrogen and oxygen atoms in total. The van der Waals surface area contributed by atoms with Crippen molar-refractivity contribution in [2.45, 2.75) is 0 Å². The van der Waals surface area contributed by atoms with Gasteiger partial charge in [-0.3, -0.25) is 0 Å². The van der Waals surface area contributed by atoms with E-state index < -0.39 is 5.97 Å². The van der Waals surface area contributed by atoms with Crippen LogP contribution in [0.15, 0.2) is 6.20 Å². The zero-order chi connectivity index (χ0) is 5.98. The Morgan fingerprint density at radius 3 is 2.67 bits per heavy atom. The van der Waals surface area contributed by atoms with Crippen LogP contribution in [-0.2, 0) is 22.4 Å². The van der Waals surface area contributed by atoms with E-state index in [1.165, 1.54) is 0 Å². The van der Waals surface area contributed by atoms with Crippen molar-refractivity contribution in [2.75, 3.05) is 0 Å². The number of aromatic nitrogens is 3. The van der Waals surface area contributed by atoms with Crippen LogP contribution in [-0.4, -0.2) is 26.5 Å². The maximum absolute atomic E-state index is 9.94. The summed E-state index contributed by atoms with van der Waals surface area (Å²) in [5.74, 6) is -1.07. The van der Waals surface area contributed by atoms with Gasteiger partial charge in [0, 0.05) is 22.4 Å². The summed E-state index contributed by atoms with van der Waals surface area (Å²) in [6.45, 7) is 0. The fourth-order valence-electron chi connectivity index (χ4n) is 0.305. The number of H-pyrrole nitrogens is 1. The molecule has 53 valence electrons. The molecule has 1 rings (SSSR count). The third kappa shape index (κ3) is 1.96. The predicted molar refractivity (Wildman–Crippen MR) is 23.3 cm³/mol. The number of carboxylic acid groups (broad SMARTS) is 1. The van der Waals surface area contributed by atoms with E-state index in [-0.39, 0.29) is 28.1 Å². The fourth-order valence-corrected chi connectivity index (χ4v) is 0.305. The first-order valence-electron chi connectivity index (χ1n) is 1.90. The van der Waals surface area contributed by atoms with Crippen LogP contribution in [0.4, 0.5) is 0 Å². The molecule has 0 saturated carbocycles. The quantitative estimate of drug-likeness (QED) is 0.626. The van der Waals surface area contributed by atoms with Crippen molar-refractivity contribution >= 4 is 5.97 Å². The molecular formula is C3H3AgN3O2. The molecule has 1 heterocycles. The zero-order valence-corrected chi connectivity index (χ0v) is 5.61. The van der Waals surface area contributed by atoms with Gasteiger partial charge in [-0.15, -0.1) is 5.10 Å². The van der Waals surface area contributed by atoms with Gasteiger partial charge in [-0.1, -0.05) is 0 Å². The minimum atomic E-state index is -1.07. The van der Waals surface area contributed by atoms with Crippen LogP contribution in [0.25, 0.3) is 0 Å². The average Bonchev–Trinajstić information content (AvgIpc) is 2.12. The molecule has 0 fully saturated rings. The Morgan fingerprint density at radius 2 is 2.44 bits per heavy atom. The van der Waals surface area contributed by atoms with E-state index in [2.05, 4.69) is 15.4 Å². The molecule has 0 saturated heterocycles. The molecule has 0 aliphatic heterocycles. The smallest absolute Gasteiger partial charge is 0.358 e. The second-order valence-electron chi connectivity index (χ2n) is 1.16. The average molecular weight is 221 g/mol. The second-order valence-corrected chi connectivity index (χ2v) is 1.16. The van der Waals surface area contributed by atoms with Crippen molar-refractivity contribution < 1.29 is 32.3 Å². The molecule has 0 amide bonds. The van der Waals surface area contributed by atoms with Gasteiger partial charge in [0.25, 0.3) is 0 Å². The van der Waals surface area contributed by atoms with Gasteiger partial charge in [0.15, 0.2) is 5.69 Å². The SMILES string of the molecule is O=C(O)c1cn[nH]n1.[Ag]. The number of aromatic carboxylic acids is 1. The number of hydrogen-bond donors (Lipinski definition) is 2. The minimum absolute atomic E-state index is 0. The molecule has 0 atom stereocenters. The molecule has 1 radical (unpaired) electrons. The number of carbonyl (C=O) groups is 1. The summed E-state index contributed by atoms with van der Waals surface area (Å²) in [4.78, 5) is 9.94. The summed E-state index contributed by atoms with van der Waals surface area (Å²) >= 11 is 0. The molecule has 1 aromatic heterocycles. The molecule has 0 aliphatic carbocycles. The number of nitrogens with one attached hydrogen (secondary N) is 1. The van der Waals surface area contributed by atoms with Gasteiger partial charge in [-0.2, -0.15) is 10.3 Å². The molecule has 0 aliphatic rings. The molecule has 0 aromatic carbocycles. The standard InChI is InChI=1S/C3H3N3O2.Ag/c7-3(8)2-1-4-6-5-2;/h1H,(H,7,8)(H,4,5,6);. The number of hydrogen-bond acceptors (Lipinski definition) is 3. The van der Waals surface area contributed by atoms with Crippen LogP contribution in [0.1, 0.15) is 10.5 Å². The van der Waals surface area contributed by atoms with Gasteiger partial charge >= 0.3 is 5.97 Å². The van der Waals surface area contributed by atoms with Crippen LogP contribution in [0.5, 0.6) is 0 Å². The topological polar surface area (TPSA) is 78.9 Å². The molecule has 2 N–H and O–H groups in total. The molecular weight excluding hydrogens is 218 g/mol. The van der Waals surface area contributed by atoms with Crippen molar-refractivity contribution in [3.8, 4) is 0 Å². The van der Waals surface area contributed by atoms with Crippen molar-refractivity contribution in [2.24, 2.45) is 0 Å². The summed E-state index contributed by atoms with van der Waals surface area (Å²) in [5.41, 5.74) is -0.0648. The first-order valence-corrected chi connectivity index (χ1v) is 1.90. The molecule has 0 bridgehead atoms. The monoisotopic (exact) mass is 220 g/mol. The summed E-state index contributed by atoms with van der Waals surface area (Å²) in [7, 11) is 0. The number of aromatic amines is 1. The van der Waals surface area contributed by atoms with Crippen molar-refractivity contribution in [3.63, 3.8) is 0 Å². The Balaban J connectivity index is 0.000000640. The molecule has 0 unspecified atom stereocenters. The van der Waals surface area contributed by atoms with E-state index in [9.17, 15) is 4.79 Å². The Morgan fingerprint density at radius 1 is 1.78 bits per heavy atom. The summed E-state index contributed by atoms with van der Waals surface area (Å²) < 4.78 is 0. The number of rotatable bonds is 1. The molecule has 0 spiro atoms. The van der Waals surface area contributed by atoms with E-state index in [1.54, 1.807) is 0 Å². The van der Waals surface area contributed by atoms with Crippen LogP contribution < -0.4 is 0 Å². The van der Waals surface area contributed by atoms with Crippen molar-refractivity contribution in [3.05, 3.63) is 11.9 Å². The van der Waals surface area contributed by atoms with E-state index >= 15 is 0 Å². The predicted octanol–water partition coefficient (Wildman–Crippen LogP) is -0.500. The van der Waals surface area contributed by atoms with Crippen molar-refractivity contribution in [1.82, 2.24) is 15.4 Å². The van der Waals surface area contributed by atoms with Gasteiger partial charge in [0.1, 0.15) is 0 Å². The van der Waals surface area contributed by atoms with E-state index in [1.807, 2.05) is 0 Å². The normalized spacial score (nSPS) is 8.00. The third-order valence-corrected chi connectivity index (χ3v) is 0.634. The maximum atomic E-state index is 9.94. The molecule has 9 heavy (non-hydrogen) atoms. The van der Waals surface area contributed by atoms with Gasteiger partial charge in [0.2, 0.25) is 0 Å². The largest absolute Gasteiger partial charge is 0.476 e. The van der Waals surface area contributed by atoms with Gasteiger partial charge in [-0.05, 0) is 0 Å². The van der Waals surface area contributed by atoms with Crippen LogP contribution >= 0.6 is 0 Å². The van der Waals surface area contributed by atoms with E-state index in [0.29, 0.717) is 0 Å². The molecule has 1 aromatic rings. The van der Waals surface area contributed by atoms with Crippen LogP contribution in [0.2, 0.25) is 0 Å². The fraction of sp³-hybridized carbons (Fsp3) is 0. The summed E-state index contributed by atoms with van der Waals surface area (Å²) in [6, 6.07) is 0. The van der Waals surface area contributed by atoms with Crippen molar-refractivity contribution in [1.29, 1.82) is 0 Å². The van der Waals surface area contributed by atoms with E-state index in [4.69, 9.17) is 5.11 Å². The number of carboxylic acids is 1. The molecule has 6 heteroatoms. The summed E-state index contributed by atoms with van der Waals surface area (Å²) in [5, 5.41) is 16.9. The Labute approximate surface area is 66.0 Å². The maximum Gasteiger partial charge on any atom is 0.358 e. The first-order chi connectivity index (χ1) is 3.80.